The lowest BCUT2D eigenvalue weighted by molar-refractivity contribution is -0.229. The highest BCUT2D eigenvalue weighted by Crippen LogP contribution is 2.62. The van der Waals surface area contributed by atoms with Gasteiger partial charge in [-0.3, -0.25) is 9.59 Å². The Bertz CT molecular complexity index is 3720. The van der Waals surface area contributed by atoms with Crippen molar-refractivity contribution >= 4 is 50.9 Å². The minimum Gasteiger partial charge on any atom is -0.296 e. The minimum atomic E-state index is -5.21. The number of carbonyl (C=O) groups is 2. The highest BCUT2D eigenvalue weighted by atomic mass is 32.2. The van der Waals surface area contributed by atoms with Crippen molar-refractivity contribution in [2.75, 3.05) is 23.0 Å². The van der Waals surface area contributed by atoms with Crippen molar-refractivity contribution in [1.82, 2.24) is 0 Å². The summed E-state index contributed by atoms with van der Waals surface area (Å²) < 4.78 is 255. The van der Waals surface area contributed by atoms with E-state index in [-0.39, 0.29) is 108 Å². The number of allylic oxidation sites excluding steroid dienone is 1. The molecular formula is C58H59F11O10S4. The van der Waals surface area contributed by atoms with Crippen molar-refractivity contribution in [2.24, 2.45) is 23.7 Å². The van der Waals surface area contributed by atoms with Gasteiger partial charge in [-0.2, -0.15) is 26.3 Å². The molecule has 2 saturated carbocycles. The van der Waals surface area contributed by atoms with Gasteiger partial charge in [0.2, 0.25) is 11.3 Å². The standard InChI is InChI=1S/C29H30F6O5S2.C29H29F5O5S2/c1-26(31,29(33,34)35)20-3-9-24-18(16-20)2-8-23-19(17-25(36)27(32)12-14-41(37,38)15-13-27)10-11-28(23,24)42(39,40)22-6-4-21(30)5-7-22;1-27(31,29(32,33)34)21-3-9-25-19(16-21)2-8-24-20(17-26(35)18-11-14-40(36,37)15-12-18)10-13-28(24,25)41(38,39)23-6-4-22(30)5-7-23/h3-7,9,16,19,23H,2,8,10-15,17H2,1H3;3-7,9,11,16,20,24H,2,8,10,12-15,17H2,1H3/t19-,23-,26?,28-;20-,24-,27?,28-/m00/s1. The lowest BCUT2D eigenvalue weighted by atomic mass is 9.71. The van der Waals surface area contributed by atoms with Crippen LogP contribution in [0.25, 0.3) is 0 Å². The summed E-state index contributed by atoms with van der Waals surface area (Å²) in [6, 6.07) is 15.0. The molecule has 4 aromatic carbocycles. The zero-order valence-electron chi connectivity index (χ0n) is 44.9. The Morgan fingerprint density at radius 2 is 0.952 bits per heavy atom. The van der Waals surface area contributed by atoms with Crippen molar-refractivity contribution in [3.63, 3.8) is 0 Å². The van der Waals surface area contributed by atoms with Crippen molar-refractivity contribution in [2.45, 2.75) is 146 Å². The number of carbonyl (C=O) groups excluding carboxylic acids is 2. The third-order valence-corrected chi connectivity index (χ3v) is 27.0. The Morgan fingerprint density at radius 1 is 0.542 bits per heavy atom. The quantitative estimate of drug-likeness (QED) is 0.0982. The van der Waals surface area contributed by atoms with E-state index in [1.54, 1.807) is 0 Å². The lowest BCUT2D eigenvalue weighted by Crippen LogP contribution is -2.46. The fourth-order valence-electron chi connectivity index (χ4n) is 13.9. The second-order valence-electron chi connectivity index (χ2n) is 23.3. The van der Waals surface area contributed by atoms with E-state index in [1.165, 1.54) is 18.2 Å². The van der Waals surface area contributed by atoms with Gasteiger partial charge < -0.3 is 0 Å². The van der Waals surface area contributed by atoms with Gasteiger partial charge in [0.15, 0.2) is 56.6 Å². The highest BCUT2D eigenvalue weighted by molar-refractivity contribution is 7.93. The summed E-state index contributed by atoms with van der Waals surface area (Å²) in [5.74, 6) is -6.01. The maximum atomic E-state index is 15.6. The molecule has 0 radical (unpaired) electrons. The number of fused-ring (bicyclic) bond motifs is 6. The molecule has 4 aromatic rings. The van der Waals surface area contributed by atoms with Gasteiger partial charge in [-0.1, -0.05) is 42.5 Å². The van der Waals surface area contributed by atoms with Crippen LogP contribution in [0.1, 0.15) is 118 Å². The van der Waals surface area contributed by atoms with Crippen LogP contribution < -0.4 is 0 Å². The van der Waals surface area contributed by atoms with Crippen molar-refractivity contribution < 1.29 is 91.6 Å². The number of sulfone groups is 4. The molecule has 10 rings (SSSR count). The number of benzene rings is 4. The van der Waals surface area contributed by atoms with Crippen LogP contribution in [-0.2, 0) is 82.6 Å². The molecule has 8 atom stereocenters. The molecule has 2 heterocycles. The molecular weight excluding hydrogens is 1190 g/mol. The van der Waals surface area contributed by atoms with E-state index in [4.69, 9.17) is 0 Å². The molecule has 0 bridgehead atoms. The molecule has 25 heteroatoms. The lowest BCUT2D eigenvalue weighted by Gasteiger charge is -2.43. The van der Waals surface area contributed by atoms with E-state index in [0.29, 0.717) is 31.4 Å². The Kier molecular flexibility index (Phi) is 16.2. The molecule has 3 fully saturated rings. The van der Waals surface area contributed by atoms with Crippen LogP contribution in [0.5, 0.6) is 0 Å². The molecule has 0 aromatic heterocycles. The van der Waals surface area contributed by atoms with Crippen LogP contribution in [0.4, 0.5) is 48.3 Å². The molecule has 2 aliphatic heterocycles. The largest absolute Gasteiger partial charge is 0.426 e. The minimum absolute atomic E-state index is 0.00127. The first-order chi connectivity index (χ1) is 38.3. The fraction of sp³-hybridized carbons (Fsp3) is 0.517. The average molecular weight is 1250 g/mol. The molecule has 10 nitrogen and oxygen atoms in total. The zero-order chi connectivity index (χ0) is 60.9. The molecule has 452 valence electrons. The summed E-state index contributed by atoms with van der Waals surface area (Å²) in [5.41, 5.74) is -9.58. The van der Waals surface area contributed by atoms with Crippen molar-refractivity contribution in [1.29, 1.82) is 0 Å². The first-order valence-electron chi connectivity index (χ1n) is 27.0. The topological polar surface area (TPSA) is 171 Å². The molecule has 0 N–H and O–H groups in total. The zero-order valence-corrected chi connectivity index (χ0v) is 48.1. The number of hydrogen-bond acceptors (Lipinski definition) is 10. The smallest absolute Gasteiger partial charge is 0.296 e. The van der Waals surface area contributed by atoms with E-state index >= 15 is 4.39 Å². The Labute approximate surface area is 474 Å². The number of ketones is 2. The maximum Gasteiger partial charge on any atom is 0.426 e. The number of aryl methyl sites for hydroxylation is 2. The van der Waals surface area contributed by atoms with Gasteiger partial charge in [-0.05, 0) is 183 Å². The molecule has 0 amide bonds. The van der Waals surface area contributed by atoms with Gasteiger partial charge in [-0.15, -0.1) is 0 Å². The van der Waals surface area contributed by atoms with E-state index in [9.17, 15) is 87.2 Å². The molecule has 0 spiro atoms. The van der Waals surface area contributed by atoms with E-state index in [2.05, 4.69) is 0 Å². The molecule has 6 aliphatic rings. The average Bonchev–Trinajstić information content (AvgIpc) is 1.85. The predicted octanol–water partition coefficient (Wildman–Crippen LogP) is 12.0. The Morgan fingerprint density at radius 3 is 1.34 bits per heavy atom. The van der Waals surface area contributed by atoms with Crippen LogP contribution in [0, 0.1) is 35.3 Å². The summed E-state index contributed by atoms with van der Waals surface area (Å²) in [6.45, 7) is 0.819. The second-order valence-corrected chi connectivity index (χ2v) is 32.2. The van der Waals surface area contributed by atoms with Gasteiger partial charge in [0.1, 0.15) is 21.1 Å². The Balaban J connectivity index is 0.000000200. The van der Waals surface area contributed by atoms with Crippen molar-refractivity contribution in [3.05, 3.63) is 142 Å². The molecule has 83 heavy (non-hydrogen) atoms. The normalized spacial score (nSPS) is 27.8. The monoisotopic (exact) mass is 1250 g/mol. The second kappa shape index (κ2) is 21.4. The first-order valence-corrected chi connectivity index (χ1v) is 33.6. The number of hydrogen-bond donors (Lipinski definition) is 0. The summed E-state index contributed by atoms with van der Waals surface area (Å²) in [5, 5.41) is 0. The third kappa shape index (κ3) is 10.9. The van der Waals surface area contributed by atoms with E-state index < -0.39 is 155 Å². The van der Waals surface area contributed by atoms with Gasteiger partial charge in [-0.25, -0.2) is 55.6 Å². The molecule has 2 unspecified atom stereocenters. The van der Waals surface area contributed by atoms with Gasteiger partial charge in [0.05, 0.1) is 32.8 Å². The summed E-state index contributed by atoms with van der Waals surface area (Å²) in [7, 11) is -15.3. The summed E-state index contributed by atoms with van der Waals surface area (Å²) in [6.07, 6.45) is -8.99. The summed E-state index contributed by atoms with van der Waals surface area (Å²) in [4.78, 5) is 26.0. The SMILES string of the molecule is CC(F)(c1ccc2c(c1)CC[C@H]1[C@H](CC(=O)C3(F)CCS(=O)(=O)CC3)CC[C@@]21S(=O)(=O)c1ccc(F)cc1)C(F)(F)F.CC(F)(c1ccc2c(c1)CC[C@H]1[C@H](CC(=O)C3=CCS(=O)(=O)CC3)CC[C@@]21S(=O)(=O)c1ccc(F)cc1)C(F)(F)F. The van der Waals surface area contributed by atoms with Crippen LogP contribution >= 0.6 is 0 Å². The number of halogens is 11. The van der Waals surface area contributed by atoms with Crippen LogP contribution in [0.3, 0.4) is 0 Å². The van der Waals surface area contributed by atoms with Crippen molar-refractivity contribution in [3.8, 4) is 0 Å². The number of rotatable bonds is 12. The first kappa shape index (κ1) is 62.5. The third-order valence-electron chi connectivity index (χ3n) is 18.7. The predicted molar refractivity (Wildman–Crippen MR) is 284 cm³/mol. The highest BCUT2D eigenvalue weighted by Gasteiger charge is 2.63. The van der Waals surface area contributed by atoms with E-state index in [0.717, 1.165) is 72.8 Å². The fourth-order valence-corrected chi connectivity index (χ4v) is 21.5. The van der Waals surface area contributed by atoms with Crippen LogP contribution in [-0.4, -0.2) is 86.3 Å². The van der Waals surface area contributed by atoms with Gasteiger partial charge in [0.25, 0.3) is 0 Å². The number of alkyl halides is 9. The molecule has 4 aliphatic carbocycles. The summed E-state index contributed by atoms with van der Waals surface area (Å²) >= 11 is 0. The van der Waals surface area contributed by atoms with Crippen LogP contribution in [0.2, 0.25) is 0 Å². The number of Topliss-reactive ketones (excluding diaryl/α,β-unsaturated/α-hetero) is 2. The Hall–Kier alpha value is -5.01. The van der Waals surface area contributed by atoms with Gasteiger partial charge in [0, 0.05) is 25.7 Å². The molecule has 1 saturated heterocycles. The maximum absolute atomic E-state index is 15.6. The van der Waals surface area contributed by atoms with E-state index in [1.807, 2.05) is 0 Å². The van der Waals surface area contributed by atoms with Gasteiger partial charge >= 0.3 is 12.4 Å². The van der Waals surface area contributed by atoms with Crippen LogP contribution in [0.15, 0.2) is 106 Å².